The monoisotopic (exact) mass is 313 g/mol. The molecule has 4 heteroatoms. The molecule has 0 spiro atoms. The van der Waals surface area contributed by atoms with Crippen molar-refractivity contribution < 1.29 is 9.53 Å². The van der Waals surface area contributed by atoms with Crippen molar-refractivity contribution in [1.82, 2.24) is 5.32 Å². The minimum Gasteiger partial charge on any atom is -0.497 e. The van der Waals surface area contributed by atoms with Crippen LogP contribution < -0.4 is 10.1 Å². The van der Waals surface area contributed by atoms with Gasteiger partial charge in [-0.25, -0.2) is 0 Å². The van der Waals surface area contributed by atoms with Crippen LogP contribution in [0.2, 0.25) is 0 Å². The zero-order chi connectivity index (χ0) is 15.6. The number of thioether (sulfide) groups is 1. The number of benzene rings is 2. The average Bonchev–Trinajstić information content (AvgIpc) is 2.58. The van der Waals surface area contributed by atoms with Crippen LogP contribution in [0.5, 0.6) is 5.75 Å². The molecule has 0 bridgehead atoms. The molecular weight excluding hydrogens is 294 g/mol. The van der Waals surface area contributed by atoms with Gasteiger partial charge in [-0.1, -0.05) is 30.3 Å². The number of amides is 1. The first-order valence-corrected chi connectivity index (χ1v) is 8.04. The van der Waals surface area contributed by atoms with Gasteiger partial charge in [0.2, 0.25) is 5.91 Å². The van der Waals surface area contributed by atoms with E-state index in [1.54, 1.807) is 31.0 Å². The first-order chi connectivity index (χ1) is 10.8. The molecule has 0 fully saturated rings. The Balaban J connectivity index is 1.69. The van der Waals surface area contributed by atoms with Crippen LogP contribution in [0.25, 0.3) is 6.08 Å². The van der Waals surface area contributed by atoms with Crippen molar-refractivity contribution in [2.75, 3.05) is 19.4 Å². The lowest BCUT2D eigenvalue weighted by Gasteiger charge is -2.03. The number of ether oxygens (including phenoxy) is 1. The lowest BCUT2D eigenvalue weighted by Crippen LogP contribution is -2.23. The van der Waals surface area contributed by atoms with Crippen LogP contribution >= 0.6 is 11.8 Å². The lowest BCUT2D eigenvalue weighted by atomic mass is 10.2. The molecule has 3 nitrogen and oxygen atoms in total. The highest BCUT2D eigenvalue weighted by Gasteiger charge is 1.97. The third-order valence-corrected chi connectivity index (χ3v) is 3.97. The van der Waals surface area contributed by atoms with E-state index in [9.17, 15) is 4.79 Å². The summed E-state index contributed by atoms with van der Waals surface area (Å²) in [5.41, 5.74) is 0.967. The third kappa shape index (κ3) is 5.66. The summed E-state index contributed by atoms with van der Waals surface area (Å²) in [6, 6.07) is 17.7. The number of hydrogen-bond donors (Lipinski definition) is 1. The van der Waals surface area contributed by atoms with Gasteiger partial charge in [-0.2, -0.15) is 0 Å². The van der Waals surface area contributed by atoms with Gasteiger partial charge in [-0.05, 0) is 35.9 Å². The molecule has 0 aliphatic rings. The topological polar surface area (TPSA) is 38.3 Å². The second kappa shape index (κ2) is 8.95. The van der Waals surface area contributed by atoms with Crippen molar-refractivity contribution in [3.63, 3.8) is 0 Å². The molecule has 22 heavy (non-hydrogen) atoms. The van der Waals surface area contributed by atoms with Crippen LogP contribution in [-0.4, -0.2) is 25.3 Å². The quantitative estimate of drug-likeness (QED) is 0.482. The van der Waals surface area contributed by atoms with E-state index in [1.807, 2.05) is 42.5 Å². The van der Waals surface area contributed by atoms with Gasteiger partial charge in [-0.15, -0.1) is 11.8 Å². The van der Waals surface area contributed by atoms with E-state index in [0.29, 0.717) is 6.54 Å². The third-order valence-electron chi connectivity index (χ3n) is 2.96. The Morgan fingerprint density at radius 3 is 2.55 bits per heavy atom. The molecule has 1 amide bonds. The minimum atomic E-state index is -0.0792. The Bertz CT molecular complexity index is 609. The van der Waals surface area contributed by atoms with E-state index in [0.717, 1.165) is 17.1 Å². The first-order valence-electron chi connectivity index (χ1n) is 7.06. The van der Waals surface area contributed by atoms with Crippen molar-refractivity contribution in [1.29, 1.82) is 0 Å². The van der Waals surface area contributed by atoms with Crippen molar-refractivity contribution in [2.45, 2.75) is 4.90 Å². The van der Waals surface area contributed by atoms with Crippen molar-refractivity contribution in [2.24, 2.45) is 0 Å². The fourth-order valence-corrected chi connectivity index (χ4v) is 2.60. The molecule has 0 aliphatic heterocycles. The van der Waals surface area contributed by atoms with E-state index in [4.69, 9.17) is 4.74 Å². The predicted octanol–water partition coefficient (Wildman–Crippen LogP) is 3.62. The highest BCUT2D eigenvalue weighted by molar-refractivity contribution is 7.99. The van der Waals surface area contributed by atoms with Crippen LogP contribution in [0.3, 0.4) is 0 Å². The SMILES string of the molecule is COc1ccc(/C=C/C(=O)NCCSc2ccccc2)cc1. The predicted molar refractivity (Wildman–Crippen MR) is 92.2 cm³/mol. The van der Waals surface area contributed by atoms with Gasteiger partial charge in [0.1, 0.15) is 5.75 Å². The normalized spacial score (nSPS) is 10.6. The van der Waals surface area contributed by atoms with Gasteiger partial charge >= 0.3 is 0 Å². The molecule has 0 saturated heterocycles. The second-order valence-electron chi connectivity index (χ2n) is 4.56. The van der Waals surface area contributed by atoms with Crippen molar-refractivity contribution in [3.8, 4) is 5.75 Å². The molecule has 0 heterocycles. The number of methoxy groups -OCH3 is 1. The Morgan fingerprint density at radius 1 is 1.14 bits per heavy atom. The maximum Gasteiger partial charge on any atom is 0.244 e. The molecular formula is C18H19NO2S. The van der Waals surface area contributed by atoms with Crippen molar-refractivity contribution in [3.05, 3.63) is 66.2 Å². The zero-order valence-corrected chi connectivity index (χ0v) is 13.3. The maximum atomic E-state index is 11.7. The van der Waals surface area contributed by atoms with Gasteiger partial charge in [0.25, 0.3) is 0 Å². The van der Waals surface area contributed by atoms with Crippen LogP contribution in [0.1, 0.15) is 5.56 Å². The van der Waals surface area contributed by atoms with Crippen LogP contribution in [0.4, 0.5) is 0 Å². The van der Waals surface area contributed by atoms with Crippen LogP contribution in [-0.2, 0) is 4.79 Å². The molecule has 0 saturated carbocycles. The Morgan fingerprint density at radius 2 is 1.86 bits per heavy atom. The van der Waals surface area contributed by atoms with E-state index < -0.39 is 0 Å². The van der Waals surface area contributed by atoms with Gasteiger partial charge in [0, 0.05) is 23.3 Å². The fraction of sp³-hybridized carbons (Fsp3) is 0.167. The molecule has 0 radical (unpaired) electrons. The summed E-state index contributed by atoms with van der Waals surface area (Å²) in [4.78, 5) is 12.9. The zero-order valence-electron chi connectivity index (χ0n) is 12.5. The van der Waals surface area contributed by atoms with E-state index in [2.05, 4.69) is 17.4 Å². The molecule has 1 N–H and O–H groups in total. The molecule has 0 unspecified atom stereocenters. The highest BCUT2D eigenvalue weighted by atomic mass is 32.2. The fourth-order valence-electron chi connectivity index (χ4n) is 1.81. The molecule has 2 aromatic rings. The lowest BCUT2D eigenvalue weighted by molar-refractivity contribution is -0.116. The number of carbonyl (C=O) groups excluding carboxylic acids is 1. The standard InChI is InChI=1S/C18H19NO2S/c1-21-16-10-7-15(8-11-16)9-12-18(20)19-13-14-22-17-5-3-2-4-6-17/h2-12H,13-14H2,1H3,(H,19,20)/b12-9+. The molecule has 2 rings (SSSR count). The molecule has 0 atom stereocenters. The maximum absolute atomic E-state index is 11.7. The number of hydrogen-bond acceptors (Lipinski definition) is 3. The number of rotatable bonds is 7. The van der Waals surface area contributed by atoms with Crippen LogP contribution in [0.15, 0.2) is 65.6 Å². The molecule has 0 aromatic heterocycles. The van der Waals surface area contributed by atoms with Gasteiger partial charge in [-0.3, -0.25) is 4.79 Å². The molecule has 2 aromatic carbocycles. The summed E-state index contributed by atoms with van der Waals surface area (Å²) >= 11 is 1.73. The molecule has 114 valence electrons. The van der Waals surface area contributed by atoms with Gasteiger partial charge < -0.3 is 10.1 Å². The Kier molecular flexibility index (Phi) is 6.58. The Hall–Kier alpha value is -2.20. The number of nitrogens with one attached hydrogen (secondary N) is 1. The molecule has 0 aliphatic carbocycles. The summed E-state index contributed by atoms with van der Waals surface area (Å²) in [6.45, 7) is 0.644. The van der Waals surface area contributed by atoms with Gasteiger partial charge in [0.15, 0.2) is 0 Å². The average molecular weight is 313 g/mol. The van der Waals surface area contributed by atoms with Crippen molar-refractivity contribution >= 4 is 23.7 Å². The van der Waals surface area contributed by atoms with Crippen LogP contribution in [0, 0.1) is 0 Å². The first kappa shape index (κ1) is 16.2. The van der Waals surface area contributed by atoms with E-state index in [1.165, 1.54) is 4.90 Å². The minimum absolute atomic E-state index is 0.0792. The smallest absolute Gasteiger partial charge is 0.244 e. The Labute approximate surface area is 135 Å². The van der Waals surface area contributed by atoms with Gasteiger partial charge in [0.05, 0.1) is 7.11 Å². The largest absolute Gasteiger partial charge is 0.497 e. The summed E-state index contributed by atoms with van der Waals surface area (Å²) in [7, 11) is 1.63. The van der Waals surface area contributed by atoms with E-state index in [-0.39, 0.29) is 5.91 Å². The second-order valence-corrected chi connectivity index (χ2v) is 5.73. The van der Waals surface area contributed by atoms with E-state index >= 15 is 0 Å². The number of carbonyl (C=O) groups is 1. The summed E-state index contributed by atoms with van der Waals surface area (Å²) in [6.07, 6.45) is 3.34. The summed E-state index contributed by atoms with van der Waals surface area (Å²) in [5.74, 6) is 1.58. The highest BCUT2D eigenvalue weighted by Crippen LogP contribution is 2.15. The summed E-state index contributed by atoms with van der Waals surface area (Å²) < 4.78 is 5.09. The summed E-state index contributed by atoms with van der Waals surface area (Å²) in [5, 5.41) is 2.87.